The molecule has 0 atom stereocenters. The third-order valence-electron chi connectivity index (χ3n) is 9.06. The number of nitrogens with zero attached hydrogens (tertiary/aromatic N) is 1. The minimum atomic E-state index is 0.987. The monoisotopic (exact) mass is 557 g/mol. The van der Waals surface area contributed by atoms with Crippen LogP contribution in [0.1, 0.15) is 0 Å². The van der Waals surface area contributed by atoms with Crippen LogP contribution in [-0.4, -0.2) is 4.98 Å². The summed E-state index contributed by atoms with van der Waals surface area (Å²) in [6, 6.07) is 57.5. The van der Waals surface area contributed by atoms with E-state index in [0.717, 1.165) is 11.3 Å². The molecule has 0 fully saturated rings. The van der Waals surface area contributed by atoms with Crippen LogP contribution in [0.4, 0.5) is 0 Å². The maximum atomic E-state index is 4.56. The molecule has 1 heterocycles. The standard InChI is InChI=1S/C43H27N/c1-2-8-33-25-35(19-14-28(33)7-1)34-11-6-12-36(26-34)40-27-39(29-15-17-30(18-16-29)41-13-3-4-24-44-41)37-22-20-31-9-5-10-32-21-23-38(40)43(37)42(31)32/h1-27H. The van der Waals surface area contributed by atoms with E-state index in [-0.39, 0.29) is 0 Å². The third kappa shape index (κ3) is 3.98. The molecule has 204 valence electrons. The highest BCUT2D eigenvalue weighted by atomic mass is 14.7. The van der Waals surface area contributed by atoms with Gasteiger partial charge in [-0.15, -0.1) is 0 Å². The number of aromatic nitrogens is 1. The number of pyridine rings is 1. The highest BCUT2D eigenvalue weighted by molar-refractivity contribution is 6.28. The second kappa shape index (κ2) is 9.90. The molecule has 0 amide bonds. The lowest BCUT2D eigenvalue weighted by Gasteiger charge is -2.18. The van der Waals surface area contributed by atoms with Crippen LogP contribution in [0.2, 0.25) is 0 Å². The predicted molar refractivity (Wildman–Crippen MR) is 187 cm³/mol. The lowest BCUT2D eigenvalue weighted by atomic mass is 9.85. The summed E-state index contributed by atoms with van der Waals surface area (Å²) in [5, 5.41) is 10.3. The van der Waals surface area contributed by atoms with Crippen molar-refractivity contribution in [2.75, 3.05) is 0 Å². The number of fused-ring (bicyclic) bond motifs is 1. The Kier molecular flexibility index (Phi) is 5.57. The van der Waals surface area contributed by atoms with Crippen molar-refractivity contribution in [3.8, 4) is 44.6 Å². The van der Waals surface area contributed by atoms with Gasteiger partial charge in [0.1, 0.15) is 0 Å². The van der Waals surface area contributed by atoms with Crippen molar-refractivity contribution in [1.82, 2.24) is 4.98 Å². The Labute approximate surface area is 256 Å². The molecule has 9 rings (SSSR count). The molecular formula is C43H27N. The summed E-state index contributed by atoms with van der Waals surface area (Å²) in [6.07, 6.45) is 1.85. The highest BCUT2D eigenvalue weighted by Crippen LogP contribution is 2.44. The summed E-state index contributed by atoms with van der Waals surface area (Å²) in [4.78, 5) is 4.56. The van der Waals surface area contributed by atoms with Crippen molar-refractivity contribution < 1.29 is 0 Å². The van der Waals surface area contributed by atoms with Crippen molar-refractivity contribution in [3.63, 3.8) is 0 Å². The van der Waals surface area contributed by atoms with Crippen LogP contribution in [0.25, 0.3) is 87.7 Å². The van der Waals surface area contributed by atoms with E-state index in [9.17, 15) is 0 Å². The molecule has 1 nitrogen and oxygen atoms in total. The Morgan fingerprint density at radius 1 is 0.318 bits per heavy atom. The molecule has 1 heteroatoms. The summed E-state index contributed by atoms with van der Waals surface area (Å²) in [5.74, 6) is 0. The fourth-order valence-corrected chi connectivity index (χ4v) is 6.90. The second-order valence-electron chi connectivity index (χ2n) is 11.6. The summed E-state index contributed by atoms with van der Waals surface area (Å²) in [5.41, 5.74) is 9.48. The van der Waals surface area contributed by atoms with Crippen molar-refractivity contribution in [3.05, 3.63) is 164 Å². The maximum Gasteiger partial charge on any atom is 0.0701 e. The molecule has 44 heavy (non-hydrogen) atoms. The van der Waals surface area contributed by atoms with Crippen LogP contribution in [0, 0.1) is 0 Å². The van der Waals surface area contributed by atoms with Crippen LogP contribution in [0.5, 0.6) is 0 Å². The van der Waals surface area contributed by atoms with Crippen LogP contribution >= 0.6 is 0 Å². The number of hydrogen-bond donors (Lipinski definition) is 0. The molecule has 0 bridgehead atoms. The van der Waals surface area contributed by atoms with Gasteiger partial charge in [0.05, 0.1) is 5.69 Å². The van der Waals surface area contributed by atoms with Gasteiger partial charge in [0.15, 0.2) is 0 Å². The first-order valence-electron chi connectivity index (χ1n) is 15.1. The van der Waals surface area contributed by atoms with Crippen molar-refractivity contribution in [2.45, 2.75) is 0 Å². The van der Waals surface area contributed by atoms with Crippen molar-refractivity contribution in [2.24, 2.45) is 0 Å². The van der Waals surface area contributed by atoms with E-state index < -0.39 is 0 Å². The Hall–Kier alpha value is -5.79. The third-order valence-corrected chi connectivity index (χ3v) is 9.06. The first-order chi connectivity index (χ1) is 21.8. The van der Waals surface area contributed by atoms with E-state index in [4.69, 9.17) is 0 Å². The largest absolute Gasteiger partial charge is 0.256 e. The molecule has 0 spiro atoms. The zero-order valence-corrected chi connectivity index (χ0v) is 24.0. The average Bonchev–Trinajstić information content (AvgIpc) is 3.10. The first-order valence-corrected chi connectivity index (χ1v) is 15.1. The minimum absolute atomic E-state index is 0.987. The fourth-order valence-electron chi connectivity index (χ4n) is 6.90. The quantitative estimate of drug-likeness (QED) is 0.196. The zero-order chi connectivity index (χ0) is 29.0. The molecule has 8 aromatic carbocycles. The molecular weight excluding hydrogens is 530 g/mol. The molecule has 9 aromatic rings. The van der Waals surface area contributed by atoms with Crippen LogP contribution in [-0.2, 0) is 0 Å². The second-order valence-corrected chi connectivity index (χ2v) is 11.6. The van der Waals surface area contributed by atoms with Gasteiger partial charge in [0.25, 0.3) is 0 Å². The minimum Gasteiger partial charge on any atom is -0.256 e. The Morgan fingerprint density at radius 2 is 0.909 bits per heavy atom. The summed E-state index contributed by atoms with van der Waals surface area (Å²) in [6.45, 7) is 0. The summed E-state index contributed by atoms with van der Waals surface area (Å²) in [7, 11) is 0. The molecule has 0 N–H and O–H groups in total. The highest BCUT2D eigenvalue weighted by Gasteiger charge is 2.17. The van der Waals surface area contributed by atoms with Gasteiger partial charge in [-0.2, -0.15) is 0 Å². The average molecular weight is 558 g/mol. The molecule has 0 aliphatic rings. The van der Waals surface area contributed by atoms with E-state index in [1.165, 1.54) is 76.5 Å². The van der Waals surface area contributed by atoms with Crippen molar-refractivity contribution in [1.29, 1.82) is 0 Å². The molecule has 0 aliphatic carbocycles. The Balaban J connectivity index is 1.28. The van der Waals surface area contributed by atoms with E-state index in [0.29, 0.717) is 0 Å². The molecule has 1 aromatic heterocycles. The first kappa shape index (κ1) is 24.8. The normalized spacial score (nSPS) is 11.6. The summed E-state index contributed by atoms with van der Waals surface area (Å²) >= 11 is 0. The Bertz CT molecular complexity index is 2460. The van der Waals surface area contributed by atoms with Crippen LogP contribution in [0.15, 0.2) is 164 Å². The smallest absolute Gasteiger partial charge is 0.0701 e. The Morgan fingerprint density at radius 3 is 1.68 bits per heavy atom. The van der Waals surface area contributed by atoms with Gasteiger partial charge in [0, 0.05) is 11.8 Å². The van der Waals surface area contributed by atoms with E-state index in [1.54, 1.807) is 0 Å². The summed E-state index contributed by atoms with van der Waals surface area (Å²) < 4.78 is 0. The number of hydrogen-bond acceptors (Lipinski definition) is 1. The molecule has 0 aliphatic heterocycles. The van der Waals surface area contributed by atoms with E-state index in [2.05, 4.69) is 151 Å². The zero-order valence-electron chi connectivity index (χ0n) is 24.0. The molecule has 0 unspecified atom stereocenters. The van der Waals surface area contributed by atoms with E-state index >= 15 is 0 Å². The molecule has 0 saturated heterocycles. The van der Waals surface area contributed by atoms with Crippen LogP contribution < -0.4 is 0 Å². The topological polar surface area (TPSA) is 12.9 Å². The van der Waals surface area contributed by atoms with E-state index in [1.807, 2.05) is 18.3 Å². The fraction of sp³-hybridized carbons (Fsp3) is 0. The lowest BCUT2D eigenvalue weighted by molar-refractivity contribution is 1.33. The van der Waals surface area contributed by atoms with Gasteiger partial charge in [-0.1, -0.05) is 127 Å². The SMILES string of the molecule is c1ccc(-c2ccc(-c3cc(-c4cccc(-c5ccc6ccccc6c5)c4)c4ccc5cccc6ccc3c4c65)cc2)nc1. The predicted octanol–water partition coefficient (Wildman–Crippen LogP) is 11.8. The van der Waals surface area contributed by atoms with Gasteiger partial charge in [-0.3, -0.25) is 4.98 Å². The number of benzene rings is 8. The lowest BCUT2D eigenvalue weighted by Crippen LogP contribution is -1.91. The van der Waals surface area contributed by atoms with Gasteiger partial charge < -0.3 is 0 Å². The molecule has 0 saturated carbocycles. The van der Waals surface area contributed by atoms with Crippen LogP contribution in [0.3, 0.4) is 0 Å². The van der Waals surface area contributed by atoms with Gasteiger partial charge >= 0.3 is 0 Å². The van der Waals surface area contributed by atoms with Gasteiger partial charge in [0.2, 0.25) is 0 Å². The van der Waals surface area contributed by atoms with Crippen molar-refractivity contribution >= 4 is 43.1 Å². The maximum absolute atomic E-state index is 4.56. The molecule has 0 radical (unpaired) electrons. The van der Waals surface area contributed by atoms with Gasteiger partial charge in [-0.05, 0) is 107 Å². The van der Waals surface area contributed by atoms with Gasteiger partial charge in [-0.25, -0.2) is 0 Å². The number of rotatable bonds is 4.